The van der Waals surface area contributed by atoms with E-state index < -0.39 is 0 Å². The van der Waals surface area contributed by atoms with Crippen LogP contribution in [0.15, 0.2) is 73.0 Å². The van der Waals surface area contributed by atoms with Gasteiger partial charge in [-0.2, -0.15) is 0 Å². The van der Waals surface area contributed by atoms with Gasteiger partial charge >= 0.3 is 0 Å². The standard InChI is InChI=1S/C22H21N3O2/c26-20-11-5-4-9-18(20)19-10-6-14-25(19)17-12-13-23-21(15-17)24-22(27)16-7-2-1-3-8-16/h1-5,7-9,11-13,15,18-19H,6,10,14H2,(H,23,24,27). The van der Waals surface area contributed by atoms with Gasteiger partial charge in [-0.25, -0.2) is 4.98 Å². The normalized spacial score (nSPS) is 21.5. The first-order chi connectivity index (χ1) is 13.2. The molecule has 136 valence electrons. The highest BCUT2D eigenvalue weighted by Crippen LogP contribution is 2.32. The van der Waals surface area contributed by atoms with Crippen LogP contribution in [0.5, 0.6) is 0 Å². The molecule has 5 nitrogen and oxygen atoms in total. The fraction of sp³-hybridized carbons (Fsp3) is 0.227. The van der Waals surface area contributed by atoms with Gasteiger partial charge in [-0.3, -0.25) is 9.59 Å². The van der Waals surface area contributed by atoms with Crippen LogP contribution >= 0.6 is 0 Å². The van der Waals surface area contributed by atoms with Crippen molar-refractivity contribution in [3.05, 3.63) is 78.5 Å². The minimum Gasteiger partial charge on any atom is -0.367 e. The molecule has 2 unspecified atom stereocenters. The maximum absolute atomic E-state index is 12.4. The molecule has 1 aromatic heterocycles. The van der Waals surface area contributed by atoms with Crippen molar-refractivity contribution in [1.82, 2.24) is 4.98 Å². The highest BCUT2D eigenvalue weighted by atomic mass is 16.1. The molecule has 27 heavy (non-hydrogen) atoms. The number of rotatable bonds is 4. The minimum absolute atomic E-state index is 0.118. The number of amides is 1. The van der Waals surface area contributed by atoms with Gasteiger partial charge in [0.2, 0.25) is 0 Å². The highest BCUT2D eigenvalue weighted by molar-refractivity contribution is 6.03. The third-order valence-corrected chi connectivity index (χ3v) is 5.09. The summed E-state index contributed by atoms with van der Waals surface area (Å²) in [5.74, 6) is 0.361. The average Bonchev–Trinajstić information content (AvgIpc) is 3.19. The van der Waals surface area contributed by atoms with Crippen molar-refractivity contribution in [2.75, 3.05) is 16.8 Å². The van der Waals surface area contributed by atoms with E-state index >= 15 is 0 Å². The quantitative estimate of drug-likeness (QED) is 0.906. The Morgan fingerprint density at radius 2 is 2.00 bits per heavy atom. The van der Waals surface area contributed by atoms with Crippen LogP contribution < -0.4 is 10.2 Å². The van der Waals surface area contributed by atoms with Gasteiger partial charge in [0.15, 0.2) is 5.78 Å². The van der Waals surface area contributed by atoms with Gasteiger partial charge in [0.1, 0.15) is 5.82 Å². The third-order valence-electron chi connectivity index (χ3n) is 5.09. The SMILES string of the molecule is O=C(Nc1cc(N2CCCC2C2C=CC=CC2=O)ccn1)c1ccccc1. The summed E-state index contributed by atoms with van der Waals surface area (Å²) in [6, 6.07) is 13.0. The van der Waals surface area contributed by atoms with E-state index in [1.54, 1.807) is 30.5 Å². The second kappa shape index (κ2) is 7.58. The fourth-order valence-corrected chi connectivity index (χ4v) is 3.79. The number of ketones is 1. The number of pyridine rings is 1. The average molecular weight is 359 g/mol. The zero-order chi connectivity index (χ0) is 18.6. The van der Waals surface area contributed by atoms with Crippen molar-refractivity contribution in [3.63, 3.8) is 0 Å². The molecule has 0 saturated carbocycles. The molecule has 1 N–H and O–H groups in total. The molecule has 0 bridgehead atoms. The summed E-state index contributed by atoms with van der Waals surface area (Å²) in [5.41, 5.74) is 1.57. The number of carbonyl (C=O) groups is 2. The van der Waals surface area contributed by atoms with Crippen LogP contribution in [0.1, 0.15) is 23.2 Å². The number of hydrogen-bond donors (Lipinski definition) is 1. The summed E-state index contributed by atoms with van der Waals surface area (Å²) in [6.45, 7) is 0.891. The van der Waals surface area contributed by atoms with Crippen LogP contribution in [-0.4, -0.2) is 29.3 Å². The number of benzene rings is 1. The van der Waals surface area contributed by atoms with Crippen LogP contribution in [0.25, 0.3) is 0 Å². The van der Waals surface area contributed by atoms with Crippen molar-refractivity contribution in [2.45, 2.75) is 18.9 Å². The Bertz CT molecular complexity index is 905. The Kier molecular flexibility index (Phi) is 4.83. The number of nitrogens with one attached hydrogen (secondary N) is 1. The lowest BCUT2D eigenvalue weighted by Gasteiger charge is -2.31. The summed E-state index contributed by atoms with van der Waals surface area (Å²) >= 11 is 0. The van der Waals surface area contributed by atoms with Crippen LogP contribution in [0.3, 0.4) is 0 Å². The van der Waals surface area contributed by atoms with Crippen molar-refractivity contribution in [1.29, 1.82) is 0 Å². The Morgan fingerprint density at radius 1 is 1.15 bits per heavy atom. The molecule has 2 aromatic rings. The van der Waals surface area contributed by atoms with E-state index in [9.17, 15) is 9.59 Å². The smallest absolute Gasteiger partial charge is 0.256 e. The first-order valence-corrected chi connectivity index (χ1v) is 9.20. The van der Waals surface area contributed by atoms with E-state index in [2.05, 4.69) is 15.2 Å². The molecule has 1 aromatic carbocycles. The van der Waals surface area contributed by atoms with Gasteiger partial charge in [0.05, 0.1) is 5.92 Å². The van der Waals surface area contributed by atoms with Gasteiger partial charge < -0.3 is 10.2 Å². The van der Waals surface area contributed by atoms with Crippen molar-refractivity contribution >= 4 is 23.2 Å². The van der Waals surface area contributed by atoms with E-state index in [0.717, 1.165) is 25.1 Å². The van der Waals surface area contributed by atoms with Gasteiger partial charge in [0, 0.05) is 36.1 Å². The topological polar surface area (TPSA) is 62.3 Å². The number of hydrogen-bond acceptors (Lipinski definition) is 4. The number of nitrogens with zero attached hydrogens (tertiary/aromatic N) is 2. The number of aromatic nitrogens is 1. The zero-order valence-electron chi connectivity index (χ0n) is 14.9. The molecule has 1 saturated heterocycles. The maximum Gasteiger partial charge on any atom is 0.256 e. The van der Waals surface area contributed by atoms with Crippen molar-refractivity contribution in [3.8, 4) is 0 Å². The summed E-state index contributed by atoms with van der Waals surface area (Å²) in [7, 11) is 0. The van der Waals surface area contributed by atoms with Crippen molar-refractivity contribution in [2.24, 2.45) is 5.92 Å². The first kappa shape index (κ1) is 17.2. The molecular weight excluding hydrogens is 338 g/mol. The minimum atomic E-state index is -0.186. The fourth-order valence-electron chi connectivity index (χ4n) is 3.79. The van der Waals surface area contributed by atoms with Gasteiger partial charge in [-0.1, -0.05) is 36.4 Å². The molecule has 0 spiro atoms. The molecule has 4 rings (SSSR count). The largest absolute Gasteiger partial charge is 0.367 e. The Balaban J connectivity index is 1.53. The molecular formula is C22H21N3O2. The summed E-state index contributed by atoms with van der Waals surface area (Å²) in [6.07, 6.45) is 11.1. The van der Waals surface area contributed by atoms with Crippen LogP contribution in [-0.2, 0) is 4.79 Å². The van der Waals surface area contributed by atoms with Gasteiger partial charge in [-0.05, 0) is 37.1 Å². The lowest BCUT2D eigenvalue weighted by molar-refractivity contribution is -0.117. The van der Waals surface area contributed by atoms with Crippen molar-refractivity contribution < 1.29 is 9.59 Å². The second-order valence-electron chi connectivity index (χ2n) is 6.79. The maximum atomic E-state index is 12.4. The molecule has 1 aliphatic carbocycles. The van der Waals surface area contributed by atoms with Crippen LogP contribution in [0.2, 0.25) is 0 Å². The van der Waals surface area contributed by atoms with E-state index in [1.165, 1.54) is 0 Å². The molecule has 5 heteroatoms. The first-order valence-electron chi connectivity index (χ1n) is 9.20. The predicted octanol–water partition coefficient (Wildman–Crippen LogP) is 3.61. The number of allylic oxidation sites excluding steroid dienone is 3. The summed E-state index contributed by atoms with van der Waals surface area (Å²) in [4.78, 5) is 31.2. The molecule has 1 fully saturated rings. The lowest BCUT2D eigenvalue weighted by Crippen LogP contribution is -2.38. The molecule has 2 atom stereocenters. The van der Waals surface area contributed by atoms with E-state index in [0.29, 0.717) is 11.4 Å². The second-order valence-corrected chi connectivity index (χ2v) is 6.79. The molecule has 1 amide bonds. The Labute approximate surface area is 158 Å². The number of carbonyl (C=O) groups excluding carboxylic acids is 2. The Morgan fingerprint density at radius 3 is 2.81 bits per heavy atom. The molecule has 0 radical (unpaired) electrons. The zero-order valence-corrected chi connectivity index (χ0v) is 14.9. The Hall–Kier alpha value is -3.21. The molecule has 1 aliphatic heterocycles. The van der Waals surface area contributed by atoms with E-state index in [4.69, 9.17) is 0 Å². The monoisotopic (exact) mass is 359 g/mol. The van der Waals surface area contributed by atoms with Gasteiger partial charge in [0.25, 0.3) is 5.91 Å². The highest BCUT2D eigenvalue weighted by Gasteiger charge is 2.34. The number of anilines is 2. The molecule has 2 heterocycles. The molecule has 2 aliphatic rings. The van der Waals surface area contributed by atoms with Crippen LogP contribution in [0.4, 0.5) is 11.5 Å². The third kappa shape index (κ3) is 3.67. The summed E-state index contributed by atoms with van der Waals surface area (Å²) < 4.78 is 0. The van der Waals surface area contributed by atoms with E-state index in [1.807, 2.05) is 42.5 Å². The van der Waals surface area contributed by atoms with Gasteiger partial charge in [-0.15, -0.1) is 0 Å². The lowest BCUT2D eigenvalue weighted by atomic mass is 9.90. The van der Waals surface area contributed by atoms with Crippen LogP contribution in [0, 0.1) is 5.92 Å². The summed E-state index contributed by atoms with van der Waals surface area (Å²) in [5, 5.41) is 2.86. The predicted molar refractivity (Wildman–Crippen MR) is 106 cm³/mol. The van der Waals surface area contributed by atoms with E-state index in [-0.39, 0.29) is 23.7 Å².